The minimum absolute atomic E-state index is 0.0426. The Morgan fingerprint density at radius 3 is 2.95 bits per heavy atom. The second-order valence-corrected chi connectivity index (χ2v) is 6.07. The molecule has 0 N–H and O–H groups in total. The number of hydrogen-bond acceptors (Lipinski definition) is 5. The van der Waals surface area contributed by atoms with Crippen molar-refractivity contribution in [3.8, 4) is 0 Å². The van der Waals surface area contributed by atoms with Crippen LogP contribution in [-0.4, -0.2) is 58.0 Å². The summed E-state index contributed by atoms with van der Waals surface area (Å²) in [5.74, 6) is 0.798. The number of ether oxygens (including phenoxy) is 2. The van der Waals surface area contributed by atoms with Crippen LogP contribution in [0.15, 0.2) is 6.33 Å². The van der Waals surface area contributed by atoms with E-state index in [1.54, 1.807) is 6.33 Å². The van der Waals surface area contributed by atoms with E-state index in [0.29, 0.717) is 19.7 Å². The van der Waals surface area contributed by atoms with E-state index in [4.69, 9.17) is 9.47 Å². The van der Waals surface area contributed by atoms with Crippen LogP contribution in [0, 0.1) is 0 Å². The van der Waals surface area contributed by atoms with Gasteiger partial charge < -0.3 is 18.9 Å². The Labute approximate surface area is 130 Å². The van der Waals surface area contributed by atoms with Crippen LogP contribution in [0.3, 0.4) is 0 Å². The lowest BCUT2D eigenvalue weighted by Crippen LogP contribution is -2.44. The number of carbonyl (C=O) groups is 1. The molecule has 7 heteroatoms. The number of rotatable bonds is 4. The standard InChI is InChI=1S/C15H24N4O3/c1-18-11-16-17-15(18)13-9-19(7-8-21-13)14(20)10-22-12-5-3-2-4-6-12/h11-13H,2-10H2,1H3. The van der Waals surface area contributed by atoms with Gasteiger partial charge in [-0.2, -0.15) is 0 Å². The van der Waals surface area contributed by atoms with E-state index in [-0.39, 0.29) is 24.7 Å². The zero-order valence-corrected chi connectivity index (χ0v) is 13.1. The lowest BCUT2D eigenvalue weighted by molar-refractivity contribution is -0.146. The Morgan fingerprint density at radius 2 is 2.23 bits per heavy atom. The van der Waals surface area contributed by atoms with Crippen LogP contribution in [0.2, 0.25) is 0 Å². The van der Waals surface area contributed by atoms with Gasteiger partial charge in [0.2, 0.25) is 5.91 Å². The van der Waals surface area contributed by atoms with Gasteiger partial charge in [-0.05, 0) is 12.8 Å². The van der Waals surface area contributed by atoms with Crippen LogP contribution in [0.4, 0.5) is 0 Å². The number of hydrogen-bond donors (Lipinski definition) is 0. The van der Waals surface area contributed by atoms with Crippen molar-refractivity contribution in [2.24, 2.45) is 7.05 Å². The van der Waals surface area contributed by atoms with E-state index in [1.807, 2.05) is 16.5 Å². The third-order valence-electron chi connectivity index (χ3n) is 4.45. The van der Waals surface area contributed by atoms with Gasteiger partial charge in [0.1, 0.15) is 19.0 Å². The SMILES string of the molecule is Cn1cnnc1C1CN(C(=O)COC2CCCCC2)CCO1. The molecule has 2 fully saturated rings. The van der Waals surface area contributed by atoms with Crippen LogP contribution >= 0.6 is 0 Å². The largest absolute Gasteiger partial charge is 0.368 e. The van der Waals surface area contributed by atoms with Crippen LogP contribution in [-0.2, 0) is 21.3 Å². The van der Waals surface area contributed by atoms with Crippen LogP contribution < -0.4 is 0 Å². The molecule has 1 amide bonds. The first kappa shape index (κ1) is 15.4. The number of morpholine rings is 1. The van der Waals surface area contributed by atoms with Gasteiger partial charge >= 0.3 is 0 Å². The number of aryl methyl sites for hydroxylation is 1. The molecule has 2 heterocycles. The highest BCUT2D eigenvalue weighted by Gasteiger charge is 2.28. The molecule has 2 aliphatic rings. The van der Waals surface area contributed by atoms with Crippen LogP contribution in [0.1, 0.15) is 44.0 Å². The lowest BCUT2D eigenvalue weighted by atomic mass is 9.98. The van der Waals surface area contributed by atoms with E-state index < -0.39 is 0 Å². The van der Waals surface area contributed by atoms with E-state index >= 15 is 0 Å². The predicted octanol–water partition coefficient (Wildman–Crippen LogP) is 1.06. The van der Waals surface area contributed by atoms with E-state index in [1.165, 1.54) is 19.3 Å². The van der Waals surface area contributed by atoms with Gasteiger partial charge in [-0.3, -0.25) is 4.79 Å². The number of carbonyl (C=O) groups excluding carboxylic acids is 1. The van der Waals surface area contributed by atoms with Crippen molar-refractivity contribution in [1.82, 2.24) is 19.7 Å². The summed E-state index contributed by atoms with van der Waals surface area (Å²) in [5, 5.41) is 7.94. The zero-order chi connectivity index (χ0) is 15.4. The maximum Gasteiger partial charge on any atom is 0.248 e. The summed E-state index contributed by atoms with van der Waals surface area (Å²) in [6, 6.07) is 0. The third-order valence-corrected chi connectivity index (χ3v) is 4.45. The highest BCUT2D eigenvalue weighted by atomic mass is 16.5. The molecule has 1 aromatic heterocycles. The highest BCUT2D eigenvalue weighted by Crippen LogP contribution is 2.22. The smallest absolute Gasteiger partial charge is 0.248 e. The summed E-state index contributed by atoms with van der Waals surface area (Å²) in [5.41, 5.74) is 0. The molecule has 1 aromatic rings. The average molecular weight is 308 g/mol. The maximum absolute atomic E-state index is 12.3. The van der Waals surface area contributed by atoms with Gasteiger partial charge in [-0.15, -0.1) is 10.2 Å². The van der Waals surface area contributed by atoms with Crippen LogP contribution in [0.5, 0.6) is 0 Å². The topological polar surface area (TPSA) is 69.5 Å². The molecule has 3 rings (SSSR count). The Kier molecular flexibility index (Phi) is 5.04. The molecular weight excluding hydrogens is 284 g/mol. The monoisotopic (exact) mass is 308 g/mol. The quantitative estimate of drug-likeness (QED) is 0.832. The lowest BCUT2D eigenvalue weighted by Gasteiger charge is -2.32. The van der Waals surface area contributed by atoms with E-state index in [2.05, 4.69) is 10.2 Å². The van der Waals surface area contributed by atoms with Crippen LogP contribution in [0.25, 0.3) is 0 Å². The van der Waals surface area contributed by atoms with Crippen molar-refractivity contribution in [3.05, 3.63) is 12.2 Å². The van der Waals surface area contributed by atoms with Gasteiger partial charge in [-0.1, -0.05) is 19.3 Å². The molecule has 0 aromatic carbocycles. The van der Waals surface area contributed by atoms with Crippen molar-refractivity contribution in [1.29, 1.82) is 0 Å². The van der Waals surface area contributed by atoms with E-state index in [0.717, 1.165) is 18.7 Å². The van der Waals surface area contributed by atoms with E-state index in [9.17, 15) is 4.79 Å². The minimum Gasteiger partial charge on any atom is -0.368 e. The van der Waals surface area contributed by atoms with Crippen molar-refractivity contribution in [2.45, 2.75) is 44.3 Å². The normalized spacial score (nSPS) is 23.7. The molecule has 1 unspecified atom stereocenters. The summed E-state index contributed by atoms with van der Waals surface area (Å²) in [6.45, 7) is 1.82. The predicted molar refractivity (Wildman–Crippen MR) is 79.1 cm³/mol. The maximum atomic E-state index is 12.3. The van der Waals surface area contributed by atoms with Crippen molar-refractivity contribution < 1.29 is 14.3 Å². The second kappa shape index (κ2) is 7.19. The molecule has 0 radical (unpaired) electrons. The molecule has 122 valence electrons. The molecule has 22 heavy (non-hydrogen) atoms. The van der Waals surface area contributed by atoms with Crippen molar-refractivity contribution in [2.75, 3.05) is 26.3 Å². The Hall–Kier alpha value is -1.47. The molecule has 0 bridgehead atoms. The molecule has 1 saturated carbocycles. The molecule has 0 spiro atoms. The zero-order valence-electron chi connectivity index (χ0n) is 13.1. The Balaban J connectivity index is 1.50. The first-order valence-electron chi connectivity index (χ1n) is 8.09. The minimum atomic E-state index is -0.208. The van der Waals surface area contributed by atoms with Crippen molar-refractivity contribution >= 4 is 5.91 Å². The fraction of sp³-hybridized carbons (Fsp3) is 0.800. The molecular formula is C15H24N4O3. The Morgan fingerprint density at radius 1 is 1.41 bits per heavy atom. The highest BCUT2D eigenvalue weighted by molar-refractivity contribution is 5.77. The number of nitrogens with zero attached hydrogens (tertiary/aromatic N) is 4. The Bertz CT molecular complexity index is 499. The fourth-order valence-corrected chi connectivity index (χ4v) is 3.13. The molecule has 1 saturated heterocycles. The summed E-state index contributed by atoms with van der Waals surface area (Å²) in [4.78, 5) is 14.2. The molecule has 1 atom stereocenters. The number of amides is 1. The average Bonchev–Trinajstić information content (AvgIpc) is 3.00. The first-order chi connectivity index (χ1) is 10.7. The summed E-state index contributed by atoms with van der Waals surface area (Å²) in [7, 11) is 1.88. The first-order valence-corrected chi connectivity index (χ1v) is 8.09. The second-order valence-electron chi connectivity index (χ2n) is 6.07. The summed E-state index contributed by atoms with van der Waals surface area (Å²) in [6.07, 6.45) is 7.57. The number of aromatic nitrogens is 3. The fourth-order valence-electron chi connectivity index (χ4n) is 3.13. The third kappa shape index (κ3) is 3.64. The van der Waals surface area contributed by atoms with Gasteiger partial charge in [0.15, 0.2) is 5.82 Å². The van der Waals surface area contributed by atoms with Gasteiger partial charge in [-0.25, -0.2) is 0 Å². The van der Waals surface area contributed by atoms with Gasteiger partial charge in [0, 0.05) is 13.6 Å². The van der Waals surface area contributed by atoms with Gasteiger partial charge in [0.05, 0.1) is 19.3 Å². The summed E-state index contributed by atoms with van der Waals surface area (Å²) < 4.78 is 13.3. The van der Waals surface area contributed by atoms with Gasteiger partial charge in [0.25, 0.3) is 0 Å². The molecule has 1 aliphatic heterocycles. The molecule has 7 nitrogen and oxygen atoms in total. The molecule has 1 aliphatic carbocycles. The summed E-state index contributed by atoms with van der Waals surface area (Å²) >= 11 is 0. The van der Waals surface area contributed by atoms with Crippen molar-refractivity contribution in [3.63, 3.8) is 0 Å².